The molecule has 3 fully saturated rings. The van der Waals surface area contributed by atoms with Crippen molar-refractivity contribution in [3.8, 4) is 0 Å². The van der Waals surface area contributed by atoms with Gasteiger partial charge >= 0.3 is 0 Å². The summed E-state index contributed by atoms with van der Waals surface area (Å²) in [5, 5.41) is 12.2. The van der Waals surface area contributed by atoms with Crippen LogP contribution in [0.25, 0.3) is 0 Å². The lowest BCUT2D eigenvalue weighted by atomic mass is 9.85. The average molecular weight is 451 g/mol. The maximum Gasteiger partial charge on any atom is 0.225 e. The third-order valence-corrected chi connectivity index (χ3v) is 9.65. The molecule has 3 heterocycles. The summed E-state index contributed by atoms with van der Waals surface area (Å²) in [6.45, 7) is 3.62. The minimum atomic E-state index is 0.498. The molecule has 0 unspecified atom stereocenters. The van der Waals surface area contributed by atoms with E-state index in [9.17, 15) is 0 Å². The molecule has 0 amide bonds. The minimum Gasteiger partial charge on any atom is -0.324 e. The Bertz CT molecular complexity index is 987. The Hall–Kier alpha value is -1.57. The number of piperidine rings is 1. The zero-order valence-corrected chi connectivity index (χ0v) is 19.8. The number of fused-ring (bicyclic) bond motifs is 2. The first-order valence-electron chi connectivity index (χ1n) is 12.8. The molecule has 2 saturated heterocycles. The molecule has 2 N–H and O–H groups in total. The Kier molecular flexibility index (Phi) is 4.80. The number of anilines is 2. The van der Waals surface area contributed by atoms with Gasteiger partial charge in [-0.15, -0.1) is 5.10 Å². The summed E-state index contributed by atoms with van der Waals surface area (Å²) < 4.78 is 2.49. The molecule has 7 heteroatoms. The molecule has 0 atom stereocenters. The van der Waals surface area contributed by atoms with E-state index >= 15 is 0 Å². The summed E-state index contributed by atoms with van der Waals surface area (Å²) in [5.41, 5.74) is 7.98. The smallest absolute Gasteiger partial charge is 0.225 e. The van der Waals surface area contributed by atoms with Gasteiger partial charge in [0.25, 0.3) is 0 Å². The van der Waals surface area contributed by atoms with Gasteiger partial charge < -0.3 is 5.32 Å². The molecule has 170 valence electrons. The Morgan fingerprint density at radius 3 is 2.41 bits per heavy atom. The highest BCUT2D eigenvalue weighted by Gasteiger charge is 2.48. The van der Waals surface area contributed by atoms with Crippen molar-refractivity contribution in [2.75, 3.05) is 25.0 Å². The van der Waals surface area contributed by atoms with E-state index < -0.39 is 0 Å². The lowest BCUT2D eigenvalue weighted by molar-refractivity contribution is 0.0741. The Balaban J connectivity index is 1.03. The number of aromatic nitrogens is 3. The van der Waals surface area contributed by atoms with Crippen molar-refractivity contribution in [3.63, 3.8) is 0 Å². The van der Waals surface area contributed by atoms with Crippen molar-refractivity contribution in [1.82, 2.24) is 24.4 Å². The van der Waals surface area contributed by atoms with Crippen molar-refractivity contribution >= 4 is 23.6 Å². The first kappa shape index (κ1) is 19.9. The topological polar surface area (TPSA) is 60.1 Å². The molecule has 2 aromatic rings. The van der Waals surface area contributed by atoms with Crippen molar-refractivity contribution in [2.24, 2.45) is 0 Å². The molecule has 2 aliphatic heterocycles. The second-order valence-corrected chi connectivity index (χ2v) is 11.7. The molecule has 32 heavy (non-hydrogen) atoms. The molecule has 5 aliphatic rings. The first-order valence-corrected chi connectivity index (χ1v) is 13.6. The van der Waals surface area contributed by atoms with Crippen LogP contribution in [0.3, 0.4) is 0 Å². The highest BCUT2D eigenvalue weighted by atomic mass is 32.2. The Morgan fingerprint density at radius 1 is 0.938 bits per heavy atom. The predicted molar refractivity (Wildman–Crippen MR) is 129 cm³/mol. The molecule has 0 radical (unpaired) electrons. The number of nitrogens with zero attached hydrogens (tertiary/aromatic N) is 4. The van der Waals surface area contributed by atoms with Crippen molar-refractivity contribution in [1.29, 1.82) is 0 Å². The molecular weight excluding hydrogens is 416 g/mol. The molecule has 1 aromatic carbocycles. The lowest BCUT2D eigenvalue weighted by Crippen LogP contribution is -2.51. The number of aromatic amines is 1. The predicted octanol–water partition coefficient (Wildman–Crippen LogP) is 4.63. The number of rotatable bonds is 5. The van der Waals surface area contributed by atoms with Gasteiger partial charge in [-0.3, -0.25) is 4.90 Å². The van der Waals surface area contributed by atoms with Crippen LogP contribution < -0.4 is 5.32 Å². The highest BCUT2D eigenvalue weighted by molar-refractivity contribution is 7.96. The van der Waals surface area contributed by atoms with Crippen LogP contribution >= 0.6 is 11.9 Å². The van der Waals surface area contributed by atoms with Crippen LogP contribution in [0.15, 0.2) is 11.2 Å². The summed E-state index contributed by atoms with van der Waals surface area (Å²) >= 11 is 1.74. The third kappa shape index (κ3) is 3.39. The van der Waals surface area contributed by atoms with E-state index in [0.717, 1.165) is 30.2 Å². The summed E-state index contributed by atoms with van der Waals surface area (Å²) in [6.07, 6.45) is 15.6. The van der Waals surface area contributed by atoms with E-state index in [0.29, 0.717) is 5.54 Å². The molecule has 7 rings (SSSR count). The van der Waals surface area contributed by atoms with Crippen LogP contribution in [0.5, 0.6) is 0 Å². The number of hydrogen-bond donors (Lipinski definition) is 2. The summed E-state index contributed by atoms with van der Waals surface area (Å²) in [6, 6.07) is 3.38. The van der Waals surface area contributed by atoms with Crippen LogP contribution in [0, 0.1) is 0 Å². The van der Waals surface area contributed by atoms with Crippen molar-refractivity contribution < 1.29 is 0 Å². The van der Waals surface area contributed by atoms with Gasteiger partial charge in [-0.1, -0.05) is 6.07 Å². The Labute approximate surface area is 195 Å². The normalized spacial score (nSPS) is 24.9. The summed E-state index contributed by atoms with van der Waals surface area (Å²) in [5.74, 6) is 0.797. The maximum atomic E-state index is 4.83. The van der Waals surface area contributed by atoms with E-state index in [1.54, 1.807) is 23.1 Å². The quantitative estimate of drug-likeness (QED) is 0.648. The number of H-pyrrole nitrogens is 1. The molecule has 0 bridgehead atoms. The average Bonchev–Trinajstić information content (AvgIpc) is 3.22. The van der Waals surface area contributed by atoms with Gasteiger partial charge in [0.2, 0.25) is 11.1 Å². The largest absolute Gasteiger partial charge is 0.324 e. The molecule has 6 nitrogen and oxygen atoms in total. The second-order valence-electron chi connectivity index (χ2n) is 10.6. The zero-order valence-electron chi connectivity index (χ0n) is 19.0. The van der Waals surface area contributed by atoms with Gasteiger partial charge in [-0.05, 0) is 106 Å². The molecule has 1 saturated carbocycles. The van der Waals surface area contributed by atoms with E-state index in [1.165, 1.54) is 100 Å². The fraction of sp³-hybridized carbons (Fsp3) is 0.680. The van der Waals surface area contributed by atoms with Crippen LogP contribution in [-0.2, 0) is 25.7 Å². The molecule has 1 aromatic heterocycles. The molecule has 3 aliphatic carbocycles. The van der Waals surface area contributed by atoms with Gasteiger partial charge in [0.1, 0.15) is 0 Å². The third-order valence-electron chi connectivity index (χ3n) is 8.68. The van der Waals surface area contributed by atoms with Crippen LogP contribution in [0.2, 0.25) is 0 Å². The molecule has 1 spiro atoms. The van der Waals surface area contributed by atoms with E-state index in [1.807, 2.05) is 0 Å². The zero-order chi connectivity index (χ0) is 21.1. The van der Waals surface area contributed by atoms with E-state index in [2.05, 4.69) is 30.8 Å². The van der Waals surface area contributed by atoms with Crippen molar-refractivity contribution in [3.05, 3.63) is 28.3 Å². The number of benzene rings is 1. The number of aryl methyl sites for hydroxylation is 2. The summed E-state index contributed by atoms with van der Waals surface area (Å²) in [4.78, 5) is 7.70. The highest BCUT2D eigenvalue weighted by Crippen LogP contribution is 2.46. The lowest BCUT2D eigenvalue weighted by Gasteiger charge is -2.44. The number of likely N-dealkylation sites (tertiary alicyclic amines) is 1. The van der Waals surface area contributed by atoms with Gasteiger partial charge in [0.15, 0.2) is 0 Å². The minimum absolute atomic E-state index is 0.498. The van der Waals surface area contributed by atoms with Gasteiger partial charge in [-0.2, -0.15) is 4.98 Å². The van der Waals surface area contributed by atoms with Crippen LogP contribution in [0.4, 0.5) is 11.6 Å². The van der Waals surface area contributed by atoms with E-state index in [4.69, 9.17) is 4.98 Å². The number of hydrogen-bond acceptors (Lipinski definition) is 6. The van der Waals surface area contributed by atoms with Crippen molar-refractivity contribution in [2.45, 2.75) is 93.8 Å². The Morgan fingerprint density at radius 2 is 1.69 bits per heavy atom. The van der Waals surface area contributed by atoms with Crippen LogP contribution in [0.1, 0.15) is 73.6 Å². The SMILES string of the molecule is c1c2c(c(Nc3nc(SN4CCC5(CCCN5C5CC5)CC4)n[nH]3)c3c1CCC3)CCC2. The van der Waals surface area contributed by atoms with E-state index in [-0.39, 0.29) is 0 Å². The van der Waals surface area contributed by atoms with Gasteiger partial charge in [0.05, 0.1) is 0 Å². The van der Waals surface area contributed by atoms with Crippen LogP contribution in [-0.4, -0.2) is 55.6 Å². The summed E-state index contributed by atoms with van der Waals surface area (Å²) in [7, 11) is 0. The van der Waals surface area contributed by atoms with Gasteiger partial charge in [-0.25, -0.2) is 9.40 Å². The number of nitrogens with one attached hydrogen (secondary N) is 2. The van der Waals surface area contributed by atoms with Gasteiger partial charge in [0, 0.05) is 42.3 Å². The first-order chi connectivity index (χ1) is 15.8. The second kappa shape index (κ2) is 7.74. The maximum absolute atomic E-state index is 4.83. The fourth-order valence-electron chi connectivity index (χ4n) is 6.99. The monoisotopic (exact) mass is 450 g/mol. The standard InChI is InChI=1S/C25H34N6S/c1-4-17-16-18-5-2-7-21(18)22(20(17)6-1)26-23-27-24(29-28-23)32-30-14-11-25(12-15-30)10-3-13-31(25)19-8-9-19/h16,19H,1-15H2,(H2,26,27,28,29). The molecular formula is C25H34N6S. The fourth-order valence-corrected chi connectivity index (χ4v) is 7.81.